The van der Waals surface area contributed by atoms with Gasteiger partial charge in [0.1, 0.15) is 0 Å². The van der Waals surface area contributed by atoms with Crippen molar-refractivity contribution in [2.75, 3.05) is 38.0 Å². The molecule has 2 aliphatic heterocycles. The van der Waals surface area contributed by atoms with Crippen molar-refractivity contribution in [1.29, 1.82) is 0 Å². The van der Waals surface area contributed by atoms with Crippen LogP contribution in [0.25, 0.3) is 0 Å². The lowest BCUT2D eigenvalue weighted by atomic mass is 9.87. The summed E-state index contributed by atoms with van der Waals surface area (Å²) < 4.78 is 0. The van der Waals surface area contributed by atoms with Gasteiger partial charge in [0.05, 0.1) is 5.92 Å². The van der Waals surface area contributed by atoms with Gasteiger partial charge < -0.3 is 15.5 Å². The predicted molar refractivity (Wildman–Crippen MR) is 97.1 cm³/mol. The molecule has 2 aliphatic rings. The number of benzene rings is 1. The Kier molecular flexibility index (Phi) is 6.45. The van der Waals surface area contributed by atoms with Crippen molar-refractivity contribution in [2.24, 2.45) is 11.3 Å². The summed E-state index contributed by atoms with van der Waals surface area (Å²) in [5.41, 5.74) is 1.27. The molecule has 0 saturated carbocycles. The molecule has 0 aromatic heterocycles. The van der Waals surface area contributed by atoms with Crippen molar-refractivity contribution in [3.05, 3.63) is 30.3 Å². The van der Waals surface area contributed by atoms with Gasteiger partial charge in [0.2, 0.25) is 5.91 Å². The number of amides is 1. The number of likely N-dealkylation sites (tertiary alicyclic amines) is 1. The Hall–Kier alpha value is -1.10. The molecule has 128 valence electrons. The smallest absolute Gasteiger partial charge is 0.228 e. The SMILES string of the molecule is CC1(CN2CCCC(C(=O)Nc3ccccc3)C2)CCNC1.Cl. The first-order chi connectivity index (χ1) is 10.6. The standard InChI is InChI=1S/C18H27N3O.ClH/c1-18(9-10-19-13-18)14-21-11-5-6-15(12-21)17(22)20-16-7-3-2-4-8-16;/h2-4,7-8,15,19H,5-6,9-14H2,1H3,(H,20,22);1H. The monoisotopic (exact) mass is 337 g/mol. The first-order valence-electron chi connectivity index (χ1n) is 8.44. The Balaban J connectivity index is 0.00000192. The fraction of sp³-hybridized carbons (Fsp3) is 0.611. The molecule has 1 amide bonds. The molecule has 2 unspecified atom stereocenters. The van der Waals surface area contributed by atoms with Gasteiger partial charge in [0.15, 0.2) is 0 Å². The summed E-state index contributed by atoms with van der Waals surface area (Å²) in [6.45, 7) is 7.72. The lowest BCUT2D eigenvalue weighted by molar-refractivity contribution is -0.121. The minimum absolute atomic E-state index is 0. The van der Waals surface area contributed by atoms with Crippen LogP contribution in [0.4, 0.5) is 5.69 Å². The molecular weight excluding hydrogens is 310 g/mol. The summed E-state index contributed by atoms with van der Waals surface area (Å²) in [5, 5.41) is 6.52. The van der Waals surface area contributed by atoms with E-state index in [-0.39, 0.29) is 24.2 Å². The molecule has 5 heteroatoms. The molecule has 4 nitrogen and oxygen atoms in total. The third-order valence-electron chi connectivity index (χ3n) is 4.98. The largest absolute Gasteiger partial charge is 0.326 e. The number of rotatable bonds is 4. The van der Waals surface area contributed by atoms with Crippen LogP contribution in [0.3, 0.4) is 0 Å². The van der Waals surface area contributed by atoms with Crippen molar-refractivity contribution >= 4 is 24.0 Å². The second-order valence-corrected chi connectivity index (χ2v) is 7.17. The minimum Gasteiger partial charge on any atom is -0.326 e. The number of hydrogen-bond acceptors (Lipinski definition) is 3. The first-order valence-corrected chi connectivity index (χ1v) is 8.44. The summed E-state index contributed by atoms with van der Waals surface area (Å²) in [4.78, 5) is 15.0. The van der Waals surface area contributed by atoms with Crippen LogP contribution in [-0.2, 0) is 4.79 Å². The number of hydrogen-bond donors (Lipinski definition) is 2. The van der Waals surface area contributed by atoms with Gasteiger partial charge in [-0.1, -0.05) is 25.1 Å². The van der Waals surface area contributed by atoms with E-state index in [2.05, 4.69) is 22.5 Å². The molecule has 2 atom stereocenters. The van der Waals surface area contributed by atoms with Crippen LogP contribution < -0.4 is 10.6 Å². The fourth-order valence-corrected chi connectivity index (χ4v) is 3.72. The van der Waals surface area contributed by atoms with Crippen LogP contribution in [0.15, 0.2) is 30.3 Å². The highest BCUT2D eigenvalue weighted by Crippen LogP contribution is 2.28. The van der Waals surface area contributed by atoms with Crippen molar-refractivity contribution in [2.45, 2.75) is 26.2 Å². The normalized spacial score (nSPS) is 28.1. The third-order valence-corrected chi connectivity index (χ3v) is 4.98. The molecular formula is C18H28ClN3O. The number of nitrogens with one attached hydrogen (secondary N) is 2. The summed E-state index contributed by atoms with van der Waals surface area (Å²) in [7, 11) is 0. The van der Waals surface area contributed by atoms with Crippen molar-refractivity contribution in [3.8, 4) is 0 Å². The van der Waals surface area contributed by atoms with Gasteiger partial charge >= 0.3 is 0 Å². The number of piperidine rings is 1. The van der Waals surface area contributed by atoms with Crippen molar-refractivity contribution in [3.63, 3.8) is 0 Å². The quantitative estimate of drug-likeness (QED) is 0.888. The molecule has 0 aliphatic carbocycles. The average Bonchev–Trinajstić information content (AvgIpc) is 2.95. The van der Waals surface area contributed by atoms with Crippen LogP contribution in [-0.4, -0.2) is 43.5 Å². The van der Waals surface area contributed by atoms with E-state index in [0.29, 0.717) is 5.41 Å². The van der Waals surface area contributed by atoms with Gasteiger partial charge in [0.25, 0.3) is 0 Å². The average molecular weight is 338 g/mol. The lowest BCUT2D eigenvalue weighted by Gasteiger charge is -2.37. The molecule has 23 heavy (non-hydrogen) atoms. The topological polar surface area (TPSA) is 44.4 Å². The van der Waals surface area contributed by atoms with E-state index in [1.54, 1.807) is 0 Å². The molecule has 0 radical (unpaired) electrons. The minimum atomic E-state index is 0. The van der Waals surface area contributed by atoms with E-state index < -0.39 is 0 Å². The lowest BCUT2D eigenvalue weighted by Crippen LogP contribution is -2.45. The summed E-state index contributed by atoms with van der Waals surface area (Å²) in [5.74, 6) is 0.289. The molecule has 2 heterocycles. The predicted octanol–water partition coefficient (Wildman–Crippen LogP) is 2.76. The fourth-order valence-electron chi connectivity index (χ4n) is 3.72. The number of halogens is 1. The van der Waals surface area contributed by atoms with E-state index >= 15 is 0 Å². The Bertz CT molecular complexity index is 502. The van der Waals surface area contributed by atoms with E-state index in [4.69, 9.17) is 0 Å². The summed E-state index contributed by atoms with van der Waals surface area (Å²) in [6, 6.07) is 9.77. The van der Waals surface area contributed by atoms with Crippen molar-refractivity contribution < 1.29 is 4.79 Å². The highest BCUT2D eigenvalue weighted by molar-refractivity contribution is 5.92. The Morgan fingerprint density at radius 3 is 2.87 bits per heavy atom. The molecule has 1 aromatic carbocycles. The zero-order valence-corrected chi connectivity index (χ0v) is 14.7. The molecule has 1 aromatic rings. The Morgan fingerprint density at radius 2 is 2.17 bits per heavy atom. The molecule has 0 spiro atoms. The maximum Gasteiger partial charge on any atom is 0.228 e. The second kappa shape index (κ2) is 8.13. The molecule has 2 N–H and O–H groups in total. The van der Waals surface area contributed by atoms with Crippen LogP contribution in [0.1, 0.15) is 26.2 Å². The van der Waals surface area contributed by atoms with Crippen LogP contribution in [0, 0.1) is 11.3 Å². The number of nitrogens with zero attached hydrogens (tertiary/aromatic N) is 1. The van der Waals surface area contributed by atoms with Gasteiger partial charge in [0, 0.05) is 25.3 Å². The van der Waals surface area contributed by atoms with Crippen LogP contribution in [0.2, 0.25) is 0 Å². The van der Waals surface area contributed by atoms with Gasteiger partial charge in [-0.25, -0.2) is 0 Å². The molecule has 2 saturated heterocycles. The molecule has 0 bridgehead atoms. The Labute approximate surface area is 145 Å². The number of para-hydroxylation sites is 1. The maximum absolute atomic E-state index is 12.5. The third kappa shape index (κ3) is 4.93. The Morgan fingerprint density at radius 1 is 1.39 bits per heavy atom. The second-order valence-electron chi connectivity index (χ2n) is 7.17. The molecule has 2 fully saturated rings. The molecule has 3 rings (SSSR count). The van der Waals surface area contributed by atoms with E-state index in [9.17, 15) is 4.79 Å². The number of carbonyl (C=O) groups is 1. The van der Waals surface area contributed by atoms with E-state index in [1.165, 1.54) is 6.42 Å². The zero-order valence-electron chi connectivity index (χ0n) is 13.9. The van der Waals surface area contributed by atoms with Gasteiger partial charge in [-0.2, -0.15) is 0 Å². The summed E-state index contributed by atoms with van der Waals surface area (Å²) >= 11 is 0. The van der Waals surface area contributed by atoms with E-state index in [0.717, 1.165) is 51.3 Å². The van der Waals surface area contributed by atoms with Crippen LogP contribution >= 0.6 is 12.4 Å². The zero-order chi connectivity index (χ0) is 15.4. The summed E-state index contributed by atoms with van der Waals surface area (Å²) in [6.07, 6.45) is 3.37. The number of anilines is 1. The first kappa shape index (κ1) is 18.2. The van der Waals surface area contributed by atoms with Gasteiger partial charge in [-0.15, -0.1) is 12.4 Å². The number of carbonyl (C=O) groups excluding carboxylic acids is 1. The van der Waals surface area contributed by atoms with Crippen LogP contribution in [0.5, 0.6) is 0 Å². The van der Waals surface area contributed by atoms with Gasteiger partial charge in [-0.3, -0.25) is 4.79 Å². The maximum atomic E-state index is 12.5. The van der Waals surface area contributed by atoms with E-state index in [1.807, 2.05) is 30.3 Å². The van der Waals surface area contributed by atoms with Gasteiger partial charge in [-0.05, 0) is 49.9 Å². The van der Waals surface area contributed by atoms with Crippen molar-refractivity contribution in [1.82, 2.24) is 10.2 Å². The highest BCUT2D eigenvalue weighted by atomic mass is 35.5. The highest BCUT2D eigenvalue weighted by Gasteiger charge is 2.33.